The number of benzene rings is 3. The lowest BCUT2D eigenvalue weighted by atomic mass is 9.83. The number of hydrogen-bond donors (Lipinski definition) is 1. The fourth-order valence-electron chi connectivity index (χ4n) is 6.19. The van der Waals surface area contributed by atoms with E-state index in [1.54, 1.807) is 12.1 Å². The van der Waals surface area contributed by atoms with Crippen LogP contribution in [0.1, 0.15) is 155 Å². The molecule has 0 spiro atoms. The van der Waals surface area contributed by atoms with Gasteiger partial charge in [0, 0.05) is 0 Å². The molecule has 1 saturated carbocycles. The summed E-state index contributed by atoms with van der Waals surface area (Å²) in [6.45, 7) is 22.6. The molecule has 1 N–H and O–H groups in total. The molecule has 0 radical (unpaired) electrons. The Kier molecular flexibility index (Phi) is 22.8. The second-order valence-corrected chi connectivity index (χ2v) is 15.4. The van der Waals surface area contributed by atoms with Crippen LogP contribution in [-0.4, -0.2) is 44.0 Å². The average Bonchev–Trinajstić information content (AvgIpc) is 3.22. The zero-order chi connectivity index (χ0) is 40.8. The van der Waals surface area contributed by atoms with Crippen LogP contribution in [0.5, 0.6) is 17.2 Å². The summed E-state index contributed by atoms with van der Waals surface area (Å²) in [4.78, 5) is 10.5. The van der Waals surface area contributed by atoms with Crippen molar-refractivity contribution in [2.75, 3.05) is 20.3 Å². The van der Waals surface area contributed by atoms with E-state index in [0.29, 0.717) is 35.3 Å². The van der Waals surface area contributed by atoms with Crippen molar-refractivity contribution in [1.29, 1.82) is 0 Å². The Bertz CT molecular complexity index is 1340. The molecule has 0 aromatic heterocycles. The van der Waals surface area contributed by atoms with Gasteiger partial charge in [0.25, 0.3) is 0 Å². The Balaban J connectivity index is 0.000000448. The molecule has 4 rings (SSSR count). The van der Waals surface area contributed by atoms with Gasteiger partial charge in [-0.05, 0) is 148 Å². The van der Waals surface area contributed by atoms with Crippen molar-refractivity contribution >= 4 is 5.97 Å². The Morgan fingerprint density at radius 3 is 1.16 bits per heavy atom. The Morgan fingerprint density at radius 2 is 0.891 bits per heavy atom. The molecule has 1 aliphatic carbocycles. The highest BCUT2D eigenvalue weighted by Gasteiger charge is 2.23. The summed E-state index contributed by atoms with van der Waals surface area (Å²) < 4.78 is 28.5. The van der Waals surface area contributed by atoms with Crippen LogP contribution in [0.4, 0.5) is 0 Å². The molecule has 6 unspecified atom stereocenters. The third-order valence-electron chi connectivity index (χ3n) is 11.1. The van der Waals surface area contributed by atoms with E-state index >= 15 is 0 Å². The molecule has 0 bridgehead atoms. The van der Waals surface area contributed by atoms with Crippen molar-refractivity contribution in [2.45, 2.75) is 151 Å². The van der Waals surface area contributed by atoms with Crippen molar-refractivity contribution in [2.24, 2.45) is 17.8 Å². The number of phenolic OH excluding ortho intramolecular Hbond substituents is 1. The van der Waals surface area contributed by atoms with E-state index in [-0.39, 0.29) is 24.5 Å². The molecule has 3 aromatic rings. The molecule has 1 aliphatic rings. The summed E-state index contributed by atoms with van der Waals surface area (Å²) in [5.74, 6) is 4.97. The lowest BCUT2D eigenvalue weighted by molar-refractivity contribution is -0.144. The van der Waals surface area contributed by atoms with Gasteiger partial charge in [0.1, 0.15) is 17.2 Å². The second-order valence-electron chi connectivity index (χ2n) is 15.4. The minimum absolute atomic E-state index is 0.0556. The predicted octanol–water partition coefficient (Wildman–Crippen LogP) is 12.8. The quantitative estimate of drug-likeness (QED) is 0.102. The highest BCUT2D eigenvalue weighted by molar-refractivity contribution is 5.71. The Labute approximate surface area is 334 Å². The number of rotatable bonds is 18. The van der Waals surface area contributed by atoms with Crippen molar-refractivity contribution < 1.29 is 33.6 Å². The van der Waals surface area contributed by atoms with E-state index in [1.165, 1.54) is 49.5 Å². The summed E-state index contributed by atoms with van der Waals surface area (Å²) in [5.41, 5.74) is 4.01. The van der Waals surface area contributed by atoms with Crippen LogP contribution in [0.2, 0.25) is 0 Å². The number of hydrogen-bond acceptors (Lipinski definition) is 7. The lowest BCUT2D eigenvalue weighted by Crippen LogP contribution is -2.27. The summed E-state index contributed by atoms with van der Waals surface area (Å²) in [6.07, 6.45) is 8.52. The molecule has 7 heteroatoms. The van der Waals surface area contributed by atoms with Crippen LogP contribution in [0.15, 0.2) is 72.8 Å². The first-order valence-electron chi connectivity index (χ1n) is 21.0. The van der Waals surface area contributed by atoms with E-state index in [0.717, 1.165) is 50.4 Å². The summed E-state index contributed by atoms with van der Waals surface area (Å²) in [5, 5.41) is 9.01. The normalized spacial score (nSPS) is 18.5. The van der Waals surface area contributed by atoms with Crippen molar-refractivity contribution in [1.82, 2.24) is 0 Å². The number of phenols is 1. The van der Waals surface area contributed by atoms with Gasteiger partial charge in [0.05, 0.1) is 26.2 Å². The first-order valence-corrected chi connectivity index (χ1v) is 21.0. The third-order valence-corrected chi connectivity index (χ3v) is 11.1. The highest BCUT2D eigenvalue weighted by Crippen LogP contribution is 2.30. The molecule has 0 saturated heterocycles. The summed E-state index contributed by atoms with van der Waals surface area (Å²) >= 11 is 0. The number of esters is 1. The number of carbonyl (C=O) groups excluding carboxylic acids is 1. The summed E-state index contributed by atoms with van der Waals surface area (Å²) in [7, 11) is 1.41. The van der Waals surface area contributed by atoms with Gasteiger partial charge in [-0.15, -0.1) is 0 Å². The van der Waals surface area contributed by atoms with Gasteiger partial charge in [-0.2, -0.15) is 0 Å². The van der Waals surface area contributed by atoms with Gasteiger partial charge in [0.15, 0.2) is 12.6 Å². The molecule has 3 aromatic carbocycles. The van der Waals surface area contributed by atoms with Gasteiger partial charge in [-0.3, -0.25) is 4.79 Å². The number of carbonyl (C=O) groups is 1. The summed E-state index contributed by atoms with van der Waals surface area (Å²) in [6, 6.07) is 24.3. The van der Waals surface area contributed by atoms with Crippen LogP contribution in [0.3, 0.4) is 0 Å². The van der Waals surface area contributed by atoms with Crippen LogP contribution in [0, 0.1) is 17.8 Å². The first-order chi connectivity index (χ1) is 26.3. The van der Waals surface area contributed by atoms with E-state index in [2.05, 4.69) is 94.8 Å². The van der Waals surface area contributed by atoms with E-state index < -0.39 is 0 Å². The van der Waals surface area contributed by atoms with Crippen LogP contribution in [-0.2, 0) is 19.0 Å². The zero-order valence-electron chi connectivity index (χ0n) is 36.0. The Morgan fingerprint density at radius 1 is 0.564 bits per heavy atom. The van der Waals surface area contributed by atoms with E-state index in [9.17, 15) is 4.79 Å². The maximum absolute atomic E-state index is 10.5. The number of ether oxygens (including phenoxy) is 5. The molecule has 0 aliphatic heterocycles. The van der Waals surface area contributed by atoms with E-state index in [1.807, 2.05) is 39.8 Å². The molecule has 55 heavy (non-hydrogen) atoms. The molecule has 0 amide bonds. The average molecular weight is 763 g/mol. The highest BCUT2D eigenvalue weighted by atomic mass is 16.7. The van der Waals surface area contributed by atoms with Gasteiger partial charge < -0.3 is 28.8 Å². The van der Waals surface area contributed by atoms with Crippen molar-refractivity contribution in [3.05, 3.63) is 89.5 Å². The largest absolute Gasteiger partial charge is 0.508 e. The predicted molar refractivity (Wildman–Crippen MR) is 226 cm³/mol. The van der Waals surface area contributed by atoms with Crippen LogP contribution < -0.4 is 9.47 Å². The lowest BCUT2D eigenvalue weighted by Gasteiger charge is -2.29. The molecule has 1 fully saturated rings. The molecular weight excluding hydrogens is 689 g/mol. The van der Waals surface area contributed by atoms with Crippen LogP contribution in [0.25, 0.3) is 0 Å². The topological polar surface area (TPSA) is 83.5 Å². The van der Waals surface area contributed by atoms with Gasteiger partial charge in [0.2, 0.25) is 0 Å². The van der Waals surface area contributed by atoms with Crippen LogP contribution >= 0.6 is 0 Å². The first kappa shape index (κ1) is 47.6. The zero-order valence-corrected chi connectivity index (χ0v) is 36.0. The monoisotopic (exact) mass is 763 g/mol. The number of methoxy groups -OCH3 is 1. The maximum Gasteiger partial charge on any atom is 0.308 e. The third kappa shape index (κ3) is 18.3. The minimum Gasteiger partial charge on any atom is -0.508 e. The van der Waals surface area contributed by atoms with Gasteiger partial charge in [-0.1, -0.05) is 91.8 Å². The van der Waals surface area contributed by atoms with E-state index in [4.69, 9.17) is 24.1 Å². The molecule has 7 nitrogen and oxygen atoms in total. The maximum atomic E-state index is 10.5. The number of aromatic hydroxyl groups is 1. The smallest absolute Gasteiger partial charge is 0.308 e. The molecule has 308 valence electrons. The Hall–Kier alpha value is -3.55. The molecule has 6 atom stereocenters. The molecular formula is C48H74O7. The fraction of sp³-hybridized carbons (Fsp3) is 0.604. The standard InChI is InChI=1S/C32H48O4.C10H14O.C6H12O2/c1-7-23(3)29-13-17-31(18-14-29)35-25(5)33-21-27-9-11-28(12-10-27)22-34-26(6)36-32-19-15-30(16-20-32)24(4)8-2;1-3-8(2)9-4-6-10(11)7-5-9;1-4-5(2)6(7)8-3/h13-20,23-28H,7-12,21-22H2,1-6H3;4-8,11H,3H2,1-2H3;5H,4H2,1-3H3. The van der Waals surface area contributed by atoms with Gasteiger partial charge in [-0.25, -0.2) is 0 Å². The minimum atomic E-state index is -0.238. The van der Waals surface area contributed by atoms with Crippen molar-refractivity contribution in [3.63, 3.8) is 0 Å². The second kappa shape index (κ2) is 26.3. The van der Waals surface area contributed by atoms with Gasteiger partial charge >= 0.3 is 5.97 Å². The fourth-order valence-corrected chi connectivity index (χ4v) is 6.19. The SMILES string of the molecule is CCC(C)C(=O)OC.CCC(C)c1ccc(O)cc1.CCC(C)c1ccc(OC(C)OCC2CCC(COC(C)Oc3ccc(C(C)CC)cc3)CC2)cc1. The molecule has 0 heterocycles. The van der Waals surface area contributed by atoms with Crippen molar-refractivity contribution in [3.8, 4) is 17.2 Å².